The summed E-state index contributed by atoms with van der Waals surface area (Å²) in [5, 5.41) is 3.24. The SMILES string of the molecule is COc1cc([C@@H]2CN(C)C[C@H]2NC(=O)N2CCc3cnc(CC4CCOCC4)nc3C2)ccc1F. The number of hydrogen-bond acceptors (Lipinski definition) is 6. The van der Waals surface area contributed by atoms with Crippen LogP contribution in [0.1, 0.15) is 41.4 Å². The number of hydrogen-bond donors (Lipinski definition) is 1. The quantitative estimate of drug-likeness (QED) is 0.705. The summed E-state index contributed by atoms with van der Waals surface area (Å²) in [4.78, 5) is 26.7. The van der Waals surface area contributed by atoms with Gasteiger partial charge in [-0.25, -0.2) is 19.2 Å². The average molecular weight is 484 g/mol. The third-order valence-electron chi connectivity index (χ3n) is 7.51. The topological polar surface area (TPSA) is 79.8 Å². The minimum Gasteiger partial charge on any atom is -0.494 e. The Morgan fingerprint density at radius 2 is 2.11 bits per heavy atom. The van der Waals surface area contributed by atoms with Crippen molar-refractivity contribution in [3.05, 3.63) is 52.9 Å². The van der Waals surface area contributed by atoms with Crippen LogP contribution in [0.2, 0.25) is 0 Å². The Hall–Kier alpha value is -2.78. The Morgan fingerprint density at radius 3 is 2.91 bits per heavy atom. The van der Waals surface area contributed by atoms with Gasteiger partial charge in [-0.1, -0.05) is 6.07 Å². The number of likely N-dealkylation sites (tertiary alicyclic amines) is 1. The van der Waals surface area contributed by atoms with Crippen LogP contribution < -0.4 is 10.1 Å². The summed E-state index contributed by atoms with van der Waals surface area (Å²) in [6.45, 7) is 4.27. The summed E-state index contributed by atoms with van der Waals surface area (Å²) in [6, 6.07) is 4.81. The first kappa shape index (κ1) is 23.9. The average Bonchev–Trinajstić information content (AvgIpc) is 3.24. The van der Waals surface area contributed by atoms with Crippen molar-refractivity contribution >= 4 is 6.03 Å². The molecule has 4 heterocycles. The predicted molar refractivity (Wildman–Crippen MR) is 129 cm³/mol. The van der Waals surface area contributed by atoms with Crippen LogP contribution in [0.5, 0.6) is 5.75 Å². The van der Waals surface area contributed by atoms with Gasteiger partial charge in [0.2, 0.25) is 0 Å². The molecule has 2 atom stereocenters. The molecule has 9 heteroatoms. The van der Waals surface area contributed by atoms with Gasteiger partial charge in [0.05, 0.1) is 25.4 Å². The Labute approximate surface area is 205 Å². The number of likely N-dealkylation sites (N-methyl/N-ethyl adjacent to an activating group) is 1. The lowest BCUT2D eigenvalue weighted by Gasteiger charge is -2.31. The van der Waals surface area contributed by atoms with E-state index in [1.807, 2.05) is 18.1 Å². The molecule has 35 heavy (non-hydrogen) atoms. The van der Waals surface area contributed by atoms with Gasteiger partial charge in [0.15, 0.2) is 11.6 Å². The number of aromatic nitrogens is 2. The maximum atomic E-state index is 13.9. The molecule has 0 radical (unpaired) electrons. The number of benzene rings is 1. The van der Waals surface area contributed by atoms with Gasteiger partial charge in [0.25, 0.3) is 0 Å². The van der Waals surface area contributed by atoms with E-state index >= 15 is 0 Å². The van der Waals surface area contributed by atoms with Gasteiger partial charge in [-0.3, -0.25) is 0 Å². The lowest BCUT2D eigenvalue weighted by molar-refractivity contribution is 0.0659. The first-order chi connectivity index (χ1) is 17.0. The van der Waals surface area contributed by atoms with Gasteiger partial charge < -0.3 is 24.6 Å². The molecule has 1 aromatic carbocycles. The molecule has 0 bridgehead atoms. The minimum atomic E-state index is -0.381. The molecule has 5 rings (SSSR count). The van der Waals surface area contributed by atoms with Crippen molar-refractivity contribution in [2.45, 2.75) is 44.2 Å². The number of halogens is 1. The highest BCUT2D eigenvalue weighted by Gasteiger charge is 2.35. The van der Waals surface area contributed by atoms with Gasteiger partial charge in [-0.05, 0) is 55.5 Å². The number of carbonyl (C=O) groups excluding carboxylic acids is 1. The fraction of sp³-hybridized carbons (Fsp3) is 0.577. The normalized spacial score (nSPS) is 23.2. The predicted octanol–water partition coefficient (Wildman–Crippen LogP) is 2.76. The van der Waals surface area contributed by atoms with Crippen molar-refractivity contribution in [3.8, 4) is 5.75 Å². The monoisotopic (exact) mass is 483 g/mol. The van der Waals surface area contributed by atoms with Crippen LogP contribution in [0.3, 0.4) is 0 Å². The smallest absolute Gasteiger partial charge is 0.318 e. The molecule has 3 aliphatic heterocycles. The van der Waals surface area contributed by atoms with Gasteiger partial charge in [0, 0.05) is 51.4 Å². The molecule has 0 saturated carbocycles. The van der Waals surface area contributed by atoms with E-state index in [-0.39, 0.29) is 29.6 Å². The van der Waals surface area contributed by atoms with Crippen LogP contribution in [0.25, 0.3) is 0 Å². The molecule has 2 aromatic rings. The highest BCUT2D eigenvalue weighted by atomic mass is 19.1. The summed E-state index contributed by atoms with van der Waals surface area (Å²) < 4.78 is 24.6. The fourth-order valence-corrected chi connectivity index (χ4v) is 5.47. The second kappa shape index (κ2) is 10.5. The molecule has 0 spiro atoms. The van der Waals surface area contributed by atoms with Gasteiger partial charge in [-0.15, -0.1) is 0 Å². The lowest BCUT2D eigenvalue weighted by Crippen LogP contribution is -2.49. The van der Waals surface area contributed by atoms with Crippen molar-refractivity contribution in [1.29, 1.82) is 0 Å². The Kier molecular flexibility index (Phi) is 7.15. The second-order valence-electron chi connectivity index (χ2n) is 9.97. The number of nitrogens with zero attached hydrogens (tertiary/aromatic N) is 4. The molecule has 8 nitrogen and oxygen atoms in total. The van der Waals surface area contributed by atoms with Gasteiger partial charge in [-0.2, -0.15) is 0 Å². The van der Waals surface area contributed by atoms with E-state index in [4.69, 9.17) is 14.5 Å². The number of amides is 2. The van der Waals surface area contributed by atoms with Crippen molar-refractivity contribution < 1.29 is 18.7 Å². The van der Waals surface area contributed by atoms with E-state index in [0.717, 1.165) is 74.6 Å². The zero-order valence-electron chi connectivity index (χ0n) is 20.5. The van der Waals surface area contributed by atoms with E-state index in [1.165, 1.54) is 13.2 Å². The molecule has 1 aromatic heterocycles. The second-order valence-corrected chi connectivity index (χ2v) is 9.97. The van der Waals surface area contributed by atoms with Crippen LogP contribution >= 0.6 is 0 Å². The molecule has 0 aliphatic carbocycles. The first-order valence-corrected chi connectivity index (χ1v) is 12.5. The summed E-state index contributed by atoms with van der Waals surface area (Å²) >= 11 is 0. The third kappa shape index (κ3) is 5.41. The molecule has 0 unspecified atom stereocenters. The molecule has 188 valence electrons. The van der Waals surface area contributed by atoms with E-state index in [9.17, 15) is 9.18 Å². The van der Waals surface area contributed by atoms with Crippen LogP contribution in [-0.2, 0) is 24.1 Å². The number of ether oxygens (including phenoxy) is 2. The zero-order chi connectivity index (χ0) is 24.4. The molecular formula is C26H34FN5O3. The standard InChI is InChI=1S/C26H34FN5O3/c1-31-14-20(18-3-4-21(27)24(12-18)34-2)23(15-31)30-26(33)32-8-5-19-13-28-25(29-22(19)16-32)11-17-6-9-35-10-7-17/h3-4,12-13,17,20,23H,5-11,14-16H2,1-2H3,(H,30,33)/t20-,23+/m0/s1. The maximum Gasteiger partial charge on any atom is 0.318 e. The van der Waals surface area contributed by atoms with E-state index in [0.29, 0.717) is 19.0 Å². The zero-order valence-corrected chi connectivity index (χ0v) is 20.5. The fourth-order valence-electron chi connectivity index (χ4n) is 5.47. The first-order valence-electron chi connectivity index (χ1n) is 12.5. The summed E-state index contributed by atoms with van der Waals surface area (Å²) in [6.07, 6.45) is 5.65. The van der Waals surface area contributed by atoms with Crippen molar-refractivity contribution in [3.63, 3.8) is 0 Å². The van der Waals surface area contributed by atoms with Crippen LogP contribution in [0, 0.1) is 11.7 Å². The third-order valence-corrected chi connectivity index (χ3v) is 7.51. The number of nitrogens with one attached hydrogen (secondary N) is 1. The number of carbonyl (C=O) groups is 1. The number of rotatable bonds is 5. The molecule has 1 N–H and O–H groups in total. The highest BCUT2D eigenvalue weighted by molar-refractivity contribution is 5.75. The Bertz CT molecular complexity index is 1060. The number of fused-ring (bicyclic) bond motifs is 1. The van der Waals surface area contributed by atoms with E-state index < -0.39 is 0 Å². The maximum absolute atomic E-state index is 13.9. The molecule has 3 aliphatic rings. The van der Waals surface area contributed by atoms with Crippen molar-refractivity contribution in [1.82, 2.24) is 25.1 Å². The highest BCUT2D eigenvalue weighted by Crippen LogP contribution is 2.31. The molecule has 2 fully saturated rings. The number of methoxy groups -OCH3 is 1. The lowest BCUT2D eigenvalue weighted by atomic mass is 9.94. The Balaban J connectivity index is 1.25. The summed E-state index contributed by atoms with van der Waals surface area (Å²) in [5.41, 5.74) is 3.04. The Morgan fingerprint density at radius 1 is 1.29 bits per heavy atom. The van der Waals surface area contributed by atoms with Crippen molar-refractivity contribution in [2.75, 3.05) is 47.0 Å². The largest absolute Gasteiger partial charge is 0.494 e. The summed E-state index contributed by atoms with van der Waals surface area (Å²) in [7, 11) is 3.50. The molecular weight excluding hydrogens is 449 g/mol. The van der Waals surface area contributed by atoms with Crippen LogP contribution in [0.4, 0.5) is 9.18 Å². The van der Waals surface area contributed by atoms with E-state index in [2.05, 4.69) is 15.2 Å². The number of urea groups is 1. The van der Waals surface area contributed by atoms with Crippen LogP contribution in [-0.4, -0.2) is 78.8 Å². The molecule has 2 saturated heterocycles. The molecule has 2 amide bonds. The van der Waals surface area contributed by atoms with Gasteiger partial charge in [0.1, 0.15) is 5.82 Å². The summed E-state index contributed by atoms with van der Waals surface area (Å²) in [5.74, 6) is 1.33. The van der Waals surface area contributed by atoms with Gasteiger partial charge >= 0.3 is 6.03 Å². The van der Waals surface area contributed by atoms with Crippen molar-refractivity contribution in [2.24, 2.45) is 5.92 Å². The van der Waals surface area contributed by atoms with E-state index in [1.54, 1.807) is 12.1 Å². The van der Waals surface area contributed by atoms with Crippen LogP contribution in [0.15, 0.2) is 24.4 Å². The minimum absolute atomic E-state index is 0.0592.